The van der Waals surface area contributed by atoms with Crippen molar-refractivity contribution in [2.45, 2.75) is 0 Å². The smallest absolute Gasteiger partial charge is 0.175 e. The molecule has 2 nitrogen and oxygen atoms in total. The molecule has 0 saturated heterocycles. The summed E-state index contributed by atoms with van der Waals surface area (Å²) in [5, 5.41) is 1.26. The van der Waals surface area contributed by atoms with Crippen LogP contribution in [0.2, 0.25) is 0 Å². The van der Waals surface area contributed by atoms with E-state index in [4.69, 9.17) is 0 Å². The van der Waals surface area contributed by atoms with Crippen LogP contribution in [0, 0.1) is 0 Å². The quantitative estimate of drug-likeness (QED) is 0.658. The Morgan fingerprint density at radius 2 is 1.94 bits per heavy atom. The van der Waals surface area contributed by atoms with Crippen LogP contribution in [0.4, 0.5) is 0 Å². The maximum Gasteiger partial charge on any atom is 0.175 e. The Kier molecular flexibility index (Phi) is 2.69. The lowest BCUT2D eigenvalue weighted by Gasteiger charge is -1.92. The number of benzene rings is 1. The fourth-order valence-electron chi connectivity index (χ4n) is 2.13. The van der Waals surface area contributed by atoms with Crippen LogP contribution < -0.4 is 4.57 Å². The van der Waals surface area contributed by atoms with Gasteiger partial charge in [-0.2, -0.15) is 0 Å². The fourth-order valence-corrected chi connectivity index (χ4v) is 2.13. The monoisotopic (exact) mass is 235 g/mol. The van der Waals surface area contributed by atoms with Gasteiger partial charge in [0.25, 0.3) is 0 Å². The van der Waals surface area contributed by atoms with Crippen LogP contribution in [0.1, 0.15) is 11.1 Å². The SMILES string of the molecule is C[n+]1cccc(/C=C/c2c[nH]c3ccccc23)c1. The molecule has 1 N–H and O–H groups in total. The van der Waals surface area contributed by atoms with Crippen molar-refractivity contribution in [2.75, 3.05) is 0 Å². The number of fused-ring (bicyclic) bond motifs is 1. The molecule has 0 fully saturated rings. The van der Waals surface area contributed by atoms with E-state index < -0.39 is 0 Å². The molecule has 1 aromatic carbocycles. The zero-order chi connectivity index (χ0) is 12.4. The first-order chi connectivity index (χ1) is 8.83. The van der Waals surface area contributed by atoms with Gasteiger partial charge in [-0.1, -0.05) is 24.3 Å². The Labute approximate surface area is 106 Å². The summed E-state index contributed by atoms with van der Waals surface area (Å²) in [6, 6.07) is 12.5. The highest BCUT2D eigenvalue weighted by atomic mass is 14.9. The lowest BCUT2D eigenvalue weighted by molar-refractivity contribution is -0.671. The number of para-hydroxylation sites is 1. The molecule has 0 amide bonds. The number of pyridine rings is 1. The second-order valence-electron chi connectivity index (χ2n) is 4.43. The summed E-state index contributed by atoms with van der Waals surface area (Å²) < 4.78 is 2.05. The van der Waals surface area contributed by atoms with E-state index in [1.54, 1.807) is 0 Å². The van der Waals surface area contributed by atoms with Gasteiger partial charge in [-0.05, 0) is 23.8 Å². The maximum atomic E-state index is 3.28. The molecule has 0 aliphatic carbocycles. The van der Waals surface area contributed by atoms with Crippen molar-refractivity contribution < 1.29 is 4.57 Å². The molecule has 3 rings (SSSR count). The average Bonchev–Trinajstić information content (AvgIpc) is 2.80. The largest absolute Gasteiger partial charge is 0.361 e. The van der Waals surface area contributed by atoms with Crippen LogP contribution in [0.15, 0.2) is 55.0 Å². The van der Waals surface area contributed by atoms with E-state index in [0.29, 0.717) is 0 Å². The molecule has 0 atom stereocenters. The molecule has 0 unspecified atom stereocenters. The predicted molar refractivity (Wildman–Crippen MR) is 74.8 cm³/mol. The van der Waals surface area contributed by atoms with Gasteiger partial charge in [-0.3, -0.25) is 0 Å². The number of aromatic amines is 1. The van der Waals surface area contributed by atoms with Gasteiger partial charge in [0, 0.05) is 28.7 Å². The van der Waals surface area contributed by atoms with Crippen LogP contribution in [0.3, 0.4) is 0 Å². The van der Waals surface area contributed by atoms with Crippen molar-refractivity contribution in [3.05, 3.63) is 66.1 Å². The van der Waals surface area contributed by atoms with Crippen molar-refractivity contribution in [1.29, 1.82) is 0 Å². The van der Waals surface area contributed by atoms with E-state index in [1.807, 2.05) is 25.5 Å². The molecule has 18 heavy (non-hydrogen) atoms. The first-order valence-corrected chi connectivity index (χ1v) is 6.02. The van der Waals surface area contributed by atoms with Crippen LogP contribution >= 0.6 is 0 Å². The Morgan fingerprint density at radius 3 is 2.83 bits per heavy atom. The van der Waals surface area contributed by atoms with Gasteiger partial charge in [0.15, 0.2) is 12.4 Å². The summed E-state index contributed by atoms with van der Waals surface area (Å²) in [5.41, 5.74) is 3.60. The van der Waals surface area contributed by atoms with Gasteiger partial charge in [0.2, 0.25) is 0 Å². The summed E-state index contributed by atoms with van der Waals surface area (Å²) in [7, 11) is 2.03. The predicted octanol–water partition coefficient (Wildman–Crippen LogP) is 3.16. The number of rotatable bonds is 2. The number of aromatic nitrogens is 2. The van der Waals surface area contributed by atoms with E-state index in [1.165, 1.54) is 22.0 Å². The number of H-pyrrole nitrogens is 1. The molecule has 2 heterocycles. The molecule has 88 valence electrons. The molecular weight excluding hydrogens is 220 g/mol. The summed E-state index contributed by atoms with van der Waals surface area (Å²) in [4.78, 5) is 3.28. The third-order valence-electron chi connectivity index (χ3n) is 3.04. The van der Waals surface area contributed by atoms with Crippen molar-refractivity contribution >= 4 is 23.1 Å². The minimum Gasteiger partial charge on any atom is -0.361 e. The molecule has 0 aliphatic rings. The molecule has 2 heteroatoms. The summed E-state index contributed by atoms with van der Waals surface area (Å²) >= 11 is 0. The molecule has 3 aromatic rings. The van der Waals surface area contributed by atoms with Crippen LogP contribution in [-0.4, -0.2) is 4.98 Å². The molecule has 2 aromatic heterocycles. The highest BCUT2D eigenvalue weighted by molar-refractivity contribution is 5.91. The molecular formula is C16H15N2+. The number of nitrogens with one attached hydrogen (secondary N) is 1. The zero-order valence-electron chi connectivity index (χ0n) is 10.3. The Hall–Kier alpha value is -2.35. The first-order valence-electron chi connectivity index (χ1n) is 6.02. The maximum absolute atomic E-state index is 3.28. The Bertz CT molecular complexity index is 708. The fraction of sp³-hybridized carbons (Fsp3) is 0.0625. The van der Waals surface area contributed by atoms with Gasteiger partial charge in [-0.15, -0.1) is 0 Å². The normalized spacial score (nSPS) is 11.4. The number of nitrogens with zero attached hydrogens (tertiary/aromatic N) is 1. The third-order valence-corrected chi connectivity index (χ3v) is 3.04. The molecule has 0 spiro atoms. The van der Waals surface area contributed by atoms with E-state index in [-0.39, 0.29) is 0 Å². The van der Waals surface area contributed by atoms with Gasteiger partial charge in [-0.25, -0.2) is 4.57 Å². The van der Waals surface area contributed by atoms with Gasteiger partial charge >= 0.3 is 0 Å². The molecule has 0 radical (unpaired) electrons. The lowest BCUT2D eigenvalue weighted by Crippen LogP contribution is -2.26. The van der Waals surface area contributed by atoms with Crippen molar-refractivity contribution in [3.63, 3.8) is 0 Å². The highest BCUT2D eigenvalue weighted by Crippen LogP contribution is 2.19. The van der Waals surface area contributed by atoms with E-state index in [0.717, 1.165) is 0 Å². The Balaban J connectivity index is 1.97. The second-order valence-corrected chi connectivity index (χ2v) is 4.43. The summed E-state index contributed by atoms with van der Waals surface area (Å²) in [5.74, 6) is 0. The number of aryl methyl sites for hydroxylation is 1. The first kappa shape index (κ1) is 10.8. The van der Waals surface area contributed by atoms with Crippen molar-refractivity contribution in [3.8, 4) is 0 Å². The minimum atomic E-state index is 1.18. The van der Waals surface area contributed by atoms with Gasteiger partial charge < -0.3 is 4.98 Å². The number of hydrogen-bond donors (Lipinski definition) is 1. The standard InChI is InChI=1S/C16H15N2/c1-18-10-4-5-13(12-18)8-9-14-11-17-16-7-3-2-6-15(14)16/h2-12,17H,1H3/q+1/b9-8+. The van der Waals surface area contributed by atoms with Gasteiger partial charge in [0.05, 0.1) is 0 Å². The second kappa shape index (κ2) is 4.49. The van der Waals surface area contributed by atoms with Crippen molar-refractivity contribution in [1.82, 2.24) is 4.98 Å². The molecule has 0 aliphatic heterocycles. The summed E-state index contributed by atoms with van der Waals surface area (Å²) in [6.07, 6.45) is 10.5. The van der Waals surface area contributed by atoms with Crippen LogP contribution in [0.25, 0.3) is 23.1 Å². The minimum absolute atomic E-state index is 1.18. The Morgan fingerprint density at radius 1 is 1.06 bits per heavy atom. The summed E-state index contributed by atoms with van der Waals surface area (Å²) in [6.45, 7) is 0. The third kappa shape index (κ3) is 2.05. The molecule has 0 saturated carbocycles. The van der Waals surface area contributed by atoms with E-state index in [9.17, 15) is 0 Å². The lowest BCUT2D eigenvalue weighted by atomic mass is 10.1. The van der Waals surface area contributed by atoms with E-state index in [2.05, 4.69) is 58.2 Å². The van der Waals surface area contributed by atoms with E-state index >= 15 is 0 Å². The van der Waals surface area contributed by atoms with Crippen molar-refractivity contribution in [2.24, 2.45) is 7.05 Å². The highest BCUT2D eigenvalue weighted by Gasteiger charge is 1.99. The van der Waals surface area contributed by atoms with Crippen LogP contribution in [-0.2, 0) is 7.05 Å². The average molecular weight is 235 g/mol. The van der Waals surface area contributed by atoms with Gasteiger partial charge in [0.1, 0.15) is 7.05 Å². The topological polar surface area (TPSA) is 19.7 Å². The number of hydrogen-bond acceptors (Lipinski definition) is 0. The zero-order valence-corrected chi connectivity index (χ0v) is 10.3. The van der Waals surface area contributed by atoms with Crippen LogP contribution in [0.5, 0.6) is 0 Å². The molecule has 0 bridgehead atoms.